The molecule has 0 saturated carbocycles. The number of quaternary nitrogens is 1. The van der Waals surface area contributed by atoms with Crippen LogP contribution in [0.4, 0.5) is 0 Å². The van der Waals surface area contributed by atoms with Crippen molar-refractivity contribution in [1.29, 1.82) is 0 Å². The number of fused-ring (bicyclic) bond motifs is 2. The molecule has 1 atom stereocenters. The van der Waals surface area contributed by atoms with E-state index in [1.54, 1.807) is 17.8 Å². The predicted molar refractivity (Wildman–Crippen MR) is 118 cm³/mol. The van der Waals surface area contributed by atoms with Crippen molar-refractivity contribution in [3.63, 3.8) is 0 Å². The van der Waals surface area contributed by atoms with E-state index >= 15 is 0 Å². The van der Waals surface area contributed by atoms with Gasteiger partial charge in [0.2, 0.25) is 0 Å². The molecule has 0 radical (unpaired) electrons. The molecular formula is C22H28N2O4S2. The van der Waals surface area contributed by atoms with Crippen LogP contribution in [0, 0.1) is 5.21 Å². The summed E-state index contributed by atoms with van der Waals surface area (Å²) in [6.07, 6.45) is 2.56. The number of nitrogens with zero attached hydrogens (tertiary/aromatic N) is 2. The molecule has 2 heterocycles. The highest BCUT2D eigenvalue weighted by molar-refractivity contribution is 7.99. The quantitative estimate of drug-likeness (QED) is 0.560. The molecular weight excluding hydrogens is 420 g/mol. The van der Waals surface area contributed by atoms with Gasteiger partial charge in [0.25, 0.3) is 0 Å². The molecule has 1 saturated heterocycles. The molecule has 2 aliphatic rings. The summed E-state index contributed by atoms with van der Waals surface area (Å²) in [6, 6.07) is 13.8. The molecule has 2 aromatic carbocycles. The average Bonchev–Trinajstić information content (AvgIpc) is 2.88. The van der Waals surface area contributed by atoms with Crippen molar-refractivity contribution in [3.8, 4) is 0 Å². The zero-order valence-corrected chi connectivity index (χ0v) is 18.8. The predicted octanol–water partition coefficient (Wildman–Crippen LogP) is 2.85. The van der Waals surface area contributed by atoms with Crippen molar-refractivity contribution >= 4 is 21.6 Å². The number of hydrogen-bond acceptors (Lipinski definition) is 6. The van der Waals surface area contributed by atoms with E-state index in [4.69, 9.17) is 5.11 Å². The molecule has 0 bridgehead atoms. The highest BCUT2D eigenvalue weighted by Gasteiger charge is 2.33. The molecule has 30 heavy (non-hydrogen) atoms. The maximum absolute atomic E-state index is 12.9. The van der Waals surface area contributed by atoms with Gasteiger partial charge in [-0.15, -0.1) is 0 Å². The number of piperazine rings is 1. The van der Waals surface area contributed by atoms with Crippen LogP contribution in [0.3, 0.4) is 0 Å². The molecule has 2 aliphatic heterocycles. The molecule has 0 aromatic heterocycles. The first-order valence-electron chi connectivity index (χ1n) is 10.3. The van der Waals surface area contributed by atoms with E-state index in [9.17, 15) is 13.6 Å². The zero-order chi connectivity index (χ0) is 21.4. The number of benzene rings is 2. The third-order valence-electron chi connectivity index (χ3n) is 6.13. The van der Waals surface area contributed by atoms with E-state index in [-0.39, 0.29) is 17.3 Å². The highest BCUT2D eigenvalue weighted by atomic mass is 32.2. The molecule has 0 aliphatic carbocycles. The van der Waals surface area contributed by atoms with Crippen LogP contribution >= 0.6 is 11.8 Å². The lowest BCUT2D eigenvalue weighted by Crippen LogP contribution is -2.57. The lowest BCUT2D eigenvalue weighted by atomic mass is 9.96. The van der Waals surface area contributed by atoms with Crippen molar-refractivity contribution < 1.29 is 18.2 Å². The molecule has 0 amide bonds. The molecule has 0 unspecified atom stereocenters. The minimum atomic E-state index is -3.30. The Morgan fingerprint density at radius 2 is 1.90 bits per heavy atom. The van der Waals surface area contributed by atoms with Crippen molar-refractivity contribution in [3.05, 3.63) is 58.8 Å². The summed E-state index contributed by atoms with van der Waals surface area (Å²) in [5.41, 5.74) is 2.28. The van der Waals surface area contributed by atoms with Gasteiger partial charge in [0.15, 0.2) is 9.84 Å². The van der Waals surface area contributed by atoms with Gasteiger partial charge in [-0.3, -0.25) is 4.90 Å². The number of sulfone groups is 1. The Morgan fingerprint density at radius 1 is 1.17 bits per heavy atom. The second-order valence-corrected chi connectivity index (χ2v) is 11.3. The molecule has 2 aromatic rings. The van der Waals surface area contributed by atoms with E-state index < -0.39 is 9.84 Å². The third kappa shape index (κ3) is 4.59. The van der Waals surface area contributed by atoms with Crippen LogP contribution in [-0.4, -0.2) is 68.7 Å². The van der Waals surface area contributed by atoms with Crippen LogP contribution < -0.4 is 0 Å². The molecule has 1 N–H and O–H groups in total. The van der Waals surface area contributed by atoms with Crippen LogP contribution in [0.2, 0.25) is 0 Å². The third-order valence-corrected chi connectivity index (χ3v) is 8.45. The number of aliphatic hydroxyl groups excluding tert-OH is 1. The first-order chi connectivity index (χ1) is 14.3. The van der Waals surface area contributed by atoms with Gasteiger partial charge in [-0.1, -0.05) is 30.0 Å². The topological polar surface area (TPSA) is 80.7 Å². The average molecular weight is 449 g/mol. The maximum Gasteiger partial charge on any atom is 0.175 e. The lowest BCUT2D eigenvalue weighted by molar-refractivity contribution is -0.885. The van der Waals surface area contributed by atoms with Crippen molar-refractivity contribution in [1.82, 2.24) is 4.90 Å². The molecule has 162 valence electrons. The summed E-state index contributed by atoms with van der Waals surface area (Å²) in [5.74, 6) is 0. The Hall–Kier alpha value is -1.42. The van der Waals surface area contributed by atoms with Gasteiger partial charge in [0.05, 0.1) is 24.5 Å². The highest BCUT2D eigenvalue weighted by Crippen LogP contribution is 2.43. The van der Waals surface area contributed by atoms with Gasteiger partial charge in [-0.2, -0.15) is 0 Å². The van der Waals surface area contributed by atoms with Crippen molar-refractivity contribution in [2.24, 2.45) is 0 Å². The minimum Gasteiger partial charge on any atom is -0.633 e. The van der Waals surface area contributed by atoms with E-state index in [1.807, 2.05) is 24.3 Å². The second-order valence-electron chi connectivity index (χ2n) is 8.24. The Kier molecular flexibility index (Phi) is 6.25. The van der Waals surface area contributed by atoms with E-state index in [2.05, 4.69) is 17.0 Å². The summed E-state index contributed by atoms with van der Waals surface area (Å²) >= 11 is 1.69. The molecule has 6 nitrogen and oxygen atoms in total. The Bertz CT molecular complexity index is 1020. The largest absolute Gasteiger partial charge is 0.633 e. The fourth-order valence-electron chi connectivity index (χ4n) is 4.38. The van der Waals surface area contributed by atoms with Gasteiger partial charge in [0.1, 0.15) is 0 Å². The van der Waals surface area contributed by atoms with Gasteiger partial charge in [0, 0.05) is 48.2 Å². The fourth-order valence-corrected chi connectivity index (χ4v) is 6.16. The van der Waals surface area contributed by atoms with E-state index in [0.717, 1.165) is 16.9 Å². The van der Waals surface area contributed by atoms with E-state index in [1.165, 1.54) is 16.7 Å². The normalized spacial score (nSPS) is 21.5. The van der Waals surface area contributed by atoms with Crippen molar-refractivity contribution in [2.75, 3.05) is 45.6 Å². The molecule has 8 heteroatoms. The summed E-state index contributed by atoms with van der Waals surface area (Å²) in [5, 5.41) is 22.0. The van der Waals surface area contributed by atoms with Crippen LogP contribution in [0.5, 0.6) is 0 Å². The van der Waals surface area contributed by atoms with Gasteiger partial charge in [-0.05, 0) is 41.8 Å². The second kappa shape index (κ2) is 8.61. The van der Waals surface area contributed by atoms with Crippen LogP contribution in [-0.2, 0) is 16.3 Å². The van der Waals surface area contributed by atoms with Crippen LogP contribution in [0.15, 0.2) is 57.2 Å². The Balaban J connectivity index is 1.68. The SMILES string of the molecule is CS(=O)(=O)c1ccc2c(c1)[C@H](N1CC[N+]([O-])(CCCO)CC1)Cc1ccccc1S2. The summed E-state index contributed by atoms with van der Waals surface area (Å²) < 4.78 is 24.2. The number of hydrogen-bond donors (Lipinski definition) is 1. The standard InChI is InChI=1S/C22H28N2O4S2/c1-30(27,28)18-7-8-22-19(16-18)20(15-17-5-2-3-6-21(17)29-22)23-9-12-24(26,13-10-23)11-4-14-25/h2-3,5-8,16,20,25H,4,9-15H2,1H3/t20-/m1/s1. The van der Waals surface area contributed by atoms with Gasteiger partial charge in [-0.25, -0.2) is 8.42 Å². The van der Waals surface area contributed by atoms with Crippen LogP contribution in [0.1, 0.15) is 23.6 Å². The minimum absolute atomic E-state index is 0.0319. The maximum atomic E-state index is 12.9. The van der Waals surface area contributed by atoms with Gasteiger partial charge >= 0.3 is 0 Å². The number of hydroxylamine groups is 3. The summed E-state index contributed by atoms with van der Waals surface area (Å²) in [4.78, 5) is 4.95. The molecule has 4 rings (SSSR count). The lowest BCUT2D eigenvalue weighted by Gasteiger charge is -2.50. The first-order valence-corrected chi connectivity index (χ1v) is 13.0. The number of aliphatic hydroxyl groups is 1. The van der Waals surface area contributed by atoms with Crippen molar-refractivity contribution in [2.45, 2.75) is 33.6 Å². The number of rotatable bonds is 5. The molecule has 0 spiro atoms. The fraction of sp³-hybridized carbons (Fsp3) is 0.455. The zero-order valence-electron chi connectivity index (χ0n) is 17.2. The van der Waals surface area contributed by atoms with Gasteiger partial charge < -0.3 is 15.0 Å². The Labute approximate surface area is 182 Å². The first kappa shape index (κ1) is 21.8. The van der Waals surface area contributed by atoms with E-state index in [0.29, 0.717) is 44.0 Å². The monoisotopic (exact) mass is 448 g/mol. The summed E-state index contributed by atoms with van der Waals surface area (Å²) in [7, 11) is -3.30. The molecule has 1 fully saturated rings. The van der Waals surface area contributed by atoms with Crippen LogP contribution in [0.25, 0.3) is 0 Å². The Morgan fingerprint density at radius 3 is 2.60 bits per heavy atom. The smallest absolute Gasteiger partial charge is 0.175 e. The summed E-state index contributed by atoms with van der Waals surface area (Å²) in [6.45, 7) is 2.80.